The van der Waals surface area contributed by atoms with Gasteiger partial charge in [-0.05, 0) is 57.1 Å². The lowest BCUT2D eigenvalue weighted by Gasteiger charge is -2.19. The molecule has 1 aliphatic rings. The molecule has 108 valence electrons. The third-order valence-electron chi connectivity index (χ3n) is 4.51. The lowest BCUT2D eigenvalue weighted by Crippen LogP contribution is -2.27. The lowest BCUT2D eigenvalue weighted by molar-refractivity contribution is 0.359. The van der Waals surface area contributed by atoms with Gasteiger partial charge in [-0.25, -0.2) is 0 Å². The summed E-state index contributed by atoms with van der Waals surface area (Å²) in [5.74, 6) is 1.40. The summed E-state index contributed by atoms with van der Waals surface area (Å²) in [4.78, 5) is 0. The van der Waals surface area contributed by atoms with Crippen molar-refractivity contribution in [2.45, 2.75) is 65.5 Å². The zero-order valence-electron chi connectivity index (χ0n) is 12.9. The molecule has 1 heterocycles. The third kappa shape index (κ3) is 4.34. The van der Waals surface area contributed by atoms with E-state index in [1.165, 1.54) is 18.5 Å². The highest BCUT2D eigenvalue weighted by Gasteiger charge is 2.22. The molecule has 3 atom stereocenters. The van der Waals surface area contributed by atoms with Gasteiger partial charge < -0.3 is 5.32 Å². The average Bonchev–Trinajstić information content (AvgIpc) is 3.13. The maximum Gasteiger partial charge on any atom is 0.0627 e. The summed E-state index contributed by atoms with van der Waals surface area (Å²) in [6.45, 7) is 10.3. The van der Waals surface area contributed by atoms with Crippen LogP contribution in [0.4, 0.5) is 0 Å². The van der Waals surface area contributed by atoms with Gasteiger partial charge in [0.05, 0.1) is 5.69 Å². The van der Waals surface area contributed by atoms with E-state index in [1.807, 2.05) is 0 Å². The standard InChI is InChI=1S/C16H29N3/c1-5-14(4)19-9-8-16(18-19)10-12(2)13(3)11-17-15-6-7-15/h8-9,12-15,17H,5-7,10-11H2,1-4H3. The first-order chi connectivity index (χ1) is 9.10. The van der Waals surface area contributed by atoms with E-state index in [2.05, 4.69) is 50.0 Å². The Morgan fingerprint density at radius 1 is 1.32 bits per heavy atom. The Balaban J connectivity index is 1.79. The minimum atomic E-state index is 0.512. The molecular weight excluding hydrogens is 234 g/mol. The Labute approximate surface area is 117 Å². The Hall–Kier alpha value is -0.830. The van der Waals surface area contributed by atoms with Crippen LogP contribution in [-0.4, -0.2) is 22.4 Å². The molecule has 0 aliphatic heterocycles. The van der Waals surface area contributed by atoms with Crippen LogP contribution < -0.4 is 5.32 Å². The van der Waals surface area contributed by atoms with Crippen molar-refractivity contribution in [1.82, 2.24) is 15.1 Å². The fraction of sp³-hybridized carbons (Fsp3) is 0.812. The molecule has 1 N–H and O–H groups in total. The highest BCUT2D eigenvalue weighted by Crippen LogP contribution is 2.21. The summed E-state index contributed by atoms with van der Waals surface area (Å²) in [5, 5.41) is 8.34. The molecule has 1 fully saturated rings. The molecule has 1 aromatic heterocycles. The van der Waals surface area contributed by atoms with Gasteiger partial charge in [-0.15, -0.1) is 0 Å². The second kappa shape index (κ2) is 6.56. The summed E-state index contributed by atoms with van der Waals surface area (Å²) in [7, 11) is 0. The average molecular weight is 263 g/mol. The number of hydrogen-bond donors (Lipinski definition) is 1. The van der Waals surface area contributed by atoms with Gasteiger partial charge in [0.1, 0.15) is 0 Å². The number of nitrogens with one attached hydrogen (secondary N) is 1. The van der Waals surface area contributed by atoms with Gasteiger partial charge in [0, 0.05) is 18.3 Å². The van der Waals surface area contributed by atoms with Crippen molar-refractivity contribution < 1.29 is 0 Å². The van der Waals surface area contributed by atoms with Crippen molar-refractivity contribution in [2.24, 2.45) is 11.8 Å². The minimum Gasteiger partial charge on any atom is -0.314 e. The Morgan fingerprint density at radius 2 is 2.05 bits per heavy atom. The van der Waals surface area contributed by atoms with Crippen LogP contribution in [0.1, 0.15) is 58.7 Å². The van der Waals surface area contributed by atoms with Crippen LogP contribution in [0, 0.1) is 11.8 Å². The Morgan fingerprint density at radius 3 is 2.68 bits per heavy atom. The van der Waals surface area contributed by atoms with Crippen LogP contribution in [0.25, 0.3) is 0 Å². The van der Waals surface area contributed by atoms with Crippen molar-refractivity contribution in [2.75, 3.05) is 6.54 Å². The predicted molar refractivity (Wildman–Crippen MR) is 80.3 cm³/mol. The molecule has 3 heteroatoms. The van der Waals surface area contributed by atoms with Crippen LogP contribution in [0.5, 0.6) is 0 Å². The van der Waals surface area contributed by atoms with Crippen LogP contribution >= 0.6 is 0 Å². The molecule has 0 aromatic carbocycles. The third-order valence-corrected chi connectivity index (χ3v) is 4.51. The van der Waals surface area contributed by atoms with Gasteiger partial charge in [-0.2, -0.15) is 5.10 Å². The molecule has 2 rings (SSSR count). The Kier molecular flexibility index (Phi) is 5.03. The quantitative estimate of drug-likeness (QED) is 0.779. The van der Waals surface area contributed by atoms with E-state index < -0.39 is 0 Å². The number of hydrogen-bond acceptors (Lipinski definition) is 2. The normalized spacial score (nSPS) is 20.2. The summed E-state index contributed by atoms with van der Waals surface area (Å²) >= 11 is 0. The number of rotatable bonds is 8. The number of aromatic nitrogens is 2. The minimum absolute atomic E-state index is 0.512. The Bertz CT molecular complexity index is 381. The molecule has 0 radical (unpaired) electrons. The molecule has 3 nitrogen and oxygen atoms in total. The molecule has 0 bridgehead atoms. The van der Waals surface area contributed by atoms with E-state index in [-0.39, 0.29) is 0 Å². The van der Waals surface area contributed by atoms with E-state index in [0.29, 0.717) is 17.9 Å². The molecule has 3 unspecified atom stereocenters. The van der Waals surface area contributed by atoms with Gasteiger partial charge in [-0.1, -0.05) is 20.8 Å². The molecule has 19 heavy (non-hydrogen) atoms. The lowest BCUT2D eigenvalue weighted by atomic mass is 9.91. The molecule has 1 saturated carbocycles. The van der Waals surface area contributed by atoms with E-state index in [1.54, 1.807) is 0 Å². The van der Waals surface area contributed by atoms with Crippen molar-refractivity contribution >= 4 is 0 Å². The van der Waals surface area contributed by atoms with Gasteiger partial charge >= 0.3 is 0 Å². The summed E-state index contributed by atoms with van der Waals surface area (Å²) < 4.78 is 2.11. The topological polar surface area (TPSA) is 29.9 Å². The van der Waals surface area contributed by atoms with Crippen LogP contribution in [0.3, 0.4) is 0 Å². The maximum absolute atomic E-state index is 4.71. The molecule has 1 aromatic rings. The summed E-state index contributed by atoms with van der Waals surface area (Å²) in [6.07, 6.45) is 7.11. The van der Waals surface area contributed by atoms with Crippen molar-refractivity contribution in [3.63, 3.8) is 0 Å². The monoisotopic (exact) mass is 263 g/mol. The van der Waals surface area contributed by atoms with Gasteiger partial charge in [0.2, 0.25) is 0 Å². The first-order valence-corrected chi connectivity index (χ1v) is 7.87. The van der Waals surface area contributed by atoms with Crippen molar-refractivity contribution in [3.05, 3.63) is 18.0 Å². The molecule has 0 spiro atoms. The van der Waals surface area contributed by atoms with E-state index >= 15 is 0 Å². The van der Waals surface area contributed by atoms with Gasteiger partial charge in [0.15, 0.2) is 0 Å². The zero-order valence-corrected chi connectivity index (χ0v) is 12.9. The summed E-state index contributed by atoms with van der Waals surface area (Å²) in [6, 6.07) is 3.52. The smallest absolute Gasteiger partial charge is 0.0627 e. The molecule has 0 saturated heterocycles. The van der Waals surface area contributed by atoms with Crippen LogP contribution in [0.15, 0.2) is 12.3 Å². The highest BCUT2D eigenvalue weighted by atomic mass is 15.3. The number of nitrogens with zero attached hydrogens (tertiary/aromatic N) is 2. The first-order valence-electron chi connectivity index (χ1n) is 7.87. The maximum atomic E-state index is 4.71. The van der Waals surface area contributed by atoms with E-state index in [9.17, 15) is 0 Å². The first kappa shape index (κ1) is 14.6. The fourth-order valence-electron chi connectivity index (χ4n) is 2.29. The largest absolute Gasteiger partial charge is 0.314 e. The van der Waals surface area contributed by atoms with Gasteiger partial charge in [-0.3, -0.25) is 4.68 Å². The summed E-state index contributed by atoms with van der Waals surface area (Å²) in [5.41, 5.74) is 1.24. The van der Waals surface area contributed by atoms with Gasteiger partial charge in [0.25, 0.3) is 0 Å². The second-order valence-electron chi connectivity index (χ2n) is 6.39. The molecule has 0 amide bonds. The molecular formula is C16H29N3. The van der Waals surface area contributed by atoms with Crippen molar-refractivity contribution in [1.29, 1.82) is 0 Å². The molecule has 1 aliphatic carbocycles. The van der Waals surface area contributed by atoms with E-state index in [4.69, 9.17) is 5.10 Å². The fourth-order valence-corrected chi connectivity index (χ4v) is 2.29. The predicted octanol–water partition coefficient (Wildman–Crippen LogP) is 3.42. The zero-order chi connectivity index (χ0) is 13.8. The van der Waals surface area contributed by atoms with Crippen LogP contribution in [-0.2, 0) is 6.42 Å². The highest BCUT2D eigenvalue weighted by molar-refractivity contribution is 5.01. The second-order valence-corrected chi connectivity index (χ2v) is 6.39. The van der Waals surface area contributed by atoms with Crippen molar-refractivity contribution in [3.8, 4) is 0 Å². The van der Waals surface area contributed by atoms with Crippen LogP contribution in [0.2, 0.25) is 0 Å². The SMILES string of the molecule is CCC(C)n1ccc(CC(C)C(C)CNC2CC2)n1. The van der Waals surface area contributed by atoms with E-state index in [0.717, 1.165) is 25.4 Å².